The van der Waals surface area contributed by atoms with Crippen molar-refractivity contribution in [2.24, 2.45) is 0 Å². The molecule has 2 rings (SSSR count). The number of carbonyl (C=O) groups excluding carboxylic acids is 1. The number of anilines is 2. The molecule has 152 valence electrons. The molecule has 0 aliphatic carbocycles. The second-order valence-electron chi connectivity index (χ2n) is 5.68. The molecule has 0 spiro atoms. The summed E-state index contributed by atoms with van der Waals surface area (Å²) in [4.78, 5) is 11.4. The topological polar surface area (TPSA) is 84.5 Å². The van der Waals surface area contributed by atoms with Crippen LogP contribution in [-0.4, -0.2) is 20.9 Å². The summed E-state index contributed by atoms with van der Waals surface area (Å²) in [5.74, 6) is -0.0661. The van der Waals surface area contributed by atoms with Crippen molar-refractivity contribution in [2.45, 2.75) is 31.3 Å². The van der Waals surface area contributed by atoms with Crippen LogP contribution in [0.25, 0.3) is 0 Å². The Morgan fingerprint density at radius 2 is 1.82 bits per heavy atom. The van der Waals surface area contributed by atoms with Gasteiger partial charge in [-0.15, -0.1) is 0 Å². The molecule has 0 aliphatic rings. The first-order valence-electron chi connectivity index (χ1n) is 8.33. The molecule has 0 fully saturated rings. The maximum absolute atomic E-state index is 12.8. The van der Waals surface area contributed by atoms with Gasteiger partial charge in [0.15, 0.2) is 0 Å². The quantitative estimate of drug-likeness (QED) is 0.707. The van der Waals surface area contributed by atoms with Gasteiger partial charge in [-0.2, -0.15) is 13.2 Å². The van der Waals surface area contributed by atoms with Gasteiger partial charge in [-0.05, 0) is 43.3 Å². The highest BCUT2D eigenvalue weighted by Crippen LogP contribution is 2.32. The molecule has 0 radical (unpaired) electrons. The van der Waals surface area contributed by atoms with Crippen molar-refractivity contribution in [1.82, 2.24) is 0 Å². The van der Waals surface area contributed by atoms with Crippen molar-refractivity contribution in [1.29, 1.82) is 0 Å². The fraction of sp³-hybridized carbons (Fsp3) is 0.278. The molecule has 0 saturated carbocycles. The van der Waals surface area contributed by atoms with Gasteiger partial charge < -0.3 is 10.1 Å². The molecule has 28 heavy (non-hydrogen) atoms. The molecule has 0 unspecified atom stereocenters. The monoisotopic (exact) mass is 416 g/mol. The van der Waals surface area contributed by atoms with E-state index in [1.54, 1.807) is 13.8 Å². The molecule has 6 nitrogen and oxygen atoms in total. The first kappa shape index (κ1) is 21.5. The lowest BCUT2D eigenvalue weighted by Crippen LogP contribution is -2.16. The molecule has 0 atom stereocenters. The van der Waals surface area contributed by atoms with Gasteiger partial charge in [0.25, 0.3) is 10.0 Å². The Kier molecular flexibility index (Phi) is 6.55. The molecule has 0 aliphatic heterocycles. The van der Waals surface area contributed by atoms with Crippen LogP contribution < -0.4 is 14.8 Å². The smallest absolute Gasteiger partial charge is 0.416 e. The van der Waals surface area contributed by atoms with Crippen LogP contribution >= 0.6 is 0 Å². The zero-order chi connectivity index (χ0) is 20.9. The highest BCUT2D eigenvalue weighted by atomic mass is 32.2. The normalized spacial score (nSPS) is 11.8. The van der Waals surface area contributed by atoms with E-state index < -0.39 is 21.8 Å². The van der Waals surface area contributed by atoms with Crippen molar-refractivity contribution in [3.05, 3.63) is 48.0 Å². The minimum atomic E-state index is -4.60. The lowest BCUT2D eigenvalue weighted by molar-refractivity contribution is -0.137. The molecule has 2 aromatic rings. The van der Waals surface area contributed by atoms with Crippen LogP contribution in [0.1, 0.15) is 25.8 Å². The van der Waals surface area contributed by atoms with E-state index in [-0.39, 0.29) is 34.3 Å². The van der Waals surface area contributed by atoms with Gasteiger partial charge in [0, 0.05) is 12.1 Å². The maximum Gasteiger partial charge on any atom is 0.416 e. The Labute approximate surface area is 160 Å². The number of sulfonamides is 1. The zero-order valence-electron chi connectivity index (χ0n) is 15.1. The molecular weight excluding hydrogens is 397 g/mol. The van der Waals surface area contributed by atoms with Gasteiger partial charge in [-0.3, -0.25) is 9.52 Å². The van der Waals surface area contributed by atoms with Crippen LogP contribution in [0.2, 0.25) is 0 Å². The first-order valence-corrected chi connectivity index (χ1v) is 9.82. The van der Waals surface area contributed by atoms with Crippen LogP contribution in [-0.2, 0) is 21.0 Å². The van der Waals surface area contributed by atoms with Gasteiger partial charge in [0.1, 0.15) is 5.75 Å². The van der Waals surface area contributed by atoms with Crippen molar-refractivity contribution < 1.29 is 31.1 Å². The Morgan fingerprint density at radius 1 is 1.11 bits per heavy atom. The summed E-state index contributed by atoms with van der Waals surface area (Å²) in [6.07, 6.45) is -4.43. The van der Waals surface area contributed by atoms with Crippen LogP contribution in [0.4, 0.5) is 24.5 Å². The van der Waals surface area contributed by atoms with Crippen LogP contribution in [0.5, 0.6) is 5.75 Å². The Bertz CT molecular complexity index is 960. The minimum Gasteiger partial charge on any atom is -0.492 e. The minimum absolute atomic E-state index is 0.153. The van der Waals surface area contributed by atoms with E-state index in [1.807, 2.05) is 0 Å². The Balaban J connectivity index is 2.37. The number of hydrogen-bond donors (Lipinski definition) is 2. The molecule has 2 N–H and O–H groups in total. The number of ether oxygens (including phenoxy) is 1. The molecule has 0 aromatic heterocycles. The van der Waals surface area contributed by atoms with Crippen molar-refractivity contribution in [2.75, 3.05) is 16.6 Å². The summed E-state index contributed by atoms with van der Waals surface area (Å²) >= 11 is 0. The first-order chi connectivity index (χ1) is 13.1. The van der Waals surface area contributed by atoms with Crippen molar-refractivity contribution in [3.63, 3.8) is 0 Å². The standard InChI is InChI=1S/C18H19F3N2O4S/c1-3-17(24)22-15-11-14(8-9-16(15)27-4-2)28(25,26)23-13-7-5-6-12(10-13)18(19,20)21/h5-11,23H,3-4H2,1-2H3,(H,22,24). The van der Waals surface area contributed by atoms with E-state index in [1.165, 1.54) is 24.3 Å². The highest BCUT2D eigenvalue weighted by Gasteiger charge is 2.30. The number of carbonyl (C=O) groups is 1. The average molecular weight is 416 g/mol. The van der Waals surface area contributed by atoms with Gasteiger partial charge in [-0.1, -0.05) is 13.0 Å². The van der Waals surface area contributed by atoms with E-state index in [0.29, 0.717) is 12.7 Å². The zero-order valence-corrected chi connectivity index (χ0v) is 15.9. The summed E-state index contributed by atoms with van der Waals surface area (Å²) in [5, 5.41) is 2.55. The molecule has 0 heterocycles. The summed E-state index contributed by atoms with van der Waals surface area (Å²) < 4.78 is 71.1. The number of hydrogen-bond acceptors (Lipinski definition) is 4. The van der Waals surface area contributed by atoms with Crippen LogP contribution in [0.15, 0.2) is 47.4 Å². The second kappa shape index (κ2) is 8.51. The largest absolute Gasteiger partial charge is 0.492 e. The molecule has 0 saturated heterocycles. The van der Waals surface area contributed by atoms with E-state index in [9.17, 15) is 26.4 Å². The molecule has 1 amide bonds. The van der Waals surface area contributed by atoms with Crippen molar-refractivity contribution >= 4 is 27.3 Å². The van der Waals surface area contributed by atoms with E-state index >= 15 is 0 Å². The maximum atomic E-state index is 12.8. The van der Waals surface area contributed by atoms with Gasteiger partial charge in [0.2, 0.25) is 5.91 Å². The SMILES string of the molecule is CCOc1ccc(S(=O)(=O)Nc2cccc(C(F)(F)F)c2)cc1NC(=O)CC. The summed E-state index contributed by atoms with van der Waals surface area (Å²) in [6, 6.07) is 7.65. The third kappa shape index (κ3) is 5.38. The lowest BCUT2D eigenvalue weighted by atomic mass is 10.2. The van der Waals surface area contributed by atoms with Gasteiger partial charge >= 0.3 is 6.18 Å². The van der Waals surface area contributed by atoms with E-state index in [2.05, 4.69) is 10.0 Å². The number of amides is 1. The summed E-state index contributed by atoms with van der Waals surface area (Å²) in [5.41, 5.74) is -1.06. The molecular formula is C18H19F3N2O4S. The third-order valence-corrected chi connectivity index (χ3v) is 4.98. The highest BCUT2D eigenvalue weighted by molar-refractivity contribution is 7.92. The molecule has 10 heteroatoms. The summed E-state index contributed by atoms with van der Waals surface area (Å²) in [6.45, 7) is 3.65. The van der Waals surface area contributed by atoms with Gasteiger partial charge in [0.05, 0.1) is 22.8 Å². The van der Waals surface area contributed by atoms with Crippen LogP contribution in [0.3, 0.4) is 0 Å². The van der Waals surface area contributed by atoms with E-state index in [0.717, 1.165) is 12.1 Å². The van der Waals surface area contributed by atoms with E-state index in [4.69, 9.17) is 4.74 Å². The second-order valence-corrected chi connectivity index (χ2v) is 7.36. The molecule has 0 bridgehead atoms. The fourth-order valence-corrected chi connectivity index (χ4v) is 3.34. The Morgan fingerprint density at radius 3 is 2.43 bits per heavy atom. The number of nitrogens with one attached hydrogen (secondary N) is 2. The number of halogens is 3. The van der Waals surface area contributed by atoms with Gasteiger partial charge in [-0.25, -0.2) is 8.42 Å². The predicted molar refractivity (Wildman–Crippen MR) is 98.8 cm³/mol. The third-order valence-electron chi connectivity index (χ3n) is 3.60. The predicted octanol–water partition coefficient (Wildman–Crippen LogP) is 4.25. The Hall–Kier alpha value is -2.75. The van der Waals surface area contributed by atoms with Crippen LogP contribution in [0, 0.1) is 0 Å². The number of benzene rings is 2. The number of alkyl halides is 3. The summed E-state index contributed by atoms with van der Waals surface area (Å²) in [7, 11) is -4.20. The average Bonchev–Trinajstić information content (AvgIpc) is 2.62. The van der Waals surface area contributed by atoms with Crippen molar-refractivity contribution in [3.8, 4) is 5.75 Å². The number of rotatable bonds is 7. The fourth-order valence-electron chi connectivity index (χ4n) is 2.27. The molecule has 2 aromatic carbocycles. The lowest BCUT2D eigenvalue weighted by Gasteiger charge is -2.14.